The fraction of sp³-hybridized carbons (Fsp3) is 0.750. The van der Waals surface area contributed by atoms with Crippen LogP contribution in [0.2, 0.25) is 0 Å². The summed E-state index contributed by atoms with van der Waals surface area (Å²) in [5, 5.41) is 4.02. The van der Waals surface area contributed by atoms with Gasteiger partial charge in [-0.3, -0.25) is 4.79 Å². The van der Waals surface area contributed by atoms with Gasteiger partial charge in [0.15, 0.2) is 0 Å². The lowest BCUT2D eigenvalue weighted by molar-refractivity contribution is 0.0412. The quantitative estimate of drug-likeness (QED) is 0.833. The molecule has 1 aromatic rings. The summed E-state index contributed by atoms with van der Waals surface area (Å²) in [5.74, 6) is 2.71. The van der Waals surface area contributed by atoms with Gasteiger partial charge >= 0.3 is 0 Å². The molecule has 3 heterocycles. The van der Waals surface area contributed by atoms with Crippen molar-refractivity contribution in [3.05, 3.63) is 17.5 Å². The molecule has 22 heavy (non-hydrogen) atoms. The van der Waals surface area contributed by atoms with Crippen molar-refractivity contribution in [1.29, 1.82) is 0 Å². The van der Waals surface area contributed by atoms with Crippen molar-refractivity contribution in [1.82, 2.24) is 10.1 Å². The zero-order chi connectivity index (χ0) is 15.5. The Bertz CT molecular complexity index is 505. The molecule has 2 saturated heterocycles. The molecule has 3 rings (SSSR count). The highest BCUT2D eigenvalue weighted by atomic mass is 32.2. The van der Waals surface area contributed by atoms with Crippen LogP contribution in [0.4, 0.5) is 0 Å². The van der Waals surface area contributed by atoms with Crippen LogP contribution in [0.3, 0.4) is 0 Å². The number of carbonyl (C=O) groups excluding carboxylic acids is 1. The molecule has 0 bridgehead atoms. The molecule has 0 spiro atoms. The second-order valence-electron chi connectivity index (χ2n) is 6.38. The smallest absolute Gasteiger partial charge is 0.292 e. The van der Waals surface area contributed by atoms with Gasteiger partial charge in [-0.15, -0.1) is 0 Å². The van der Waals surface area contributed by atoms with E-state index >= 15 is 0 Å². The topological polar surface area (TPSA) is 55.6 Å². The molecule has 0 radical (unpaired) electrons. The number of thioether (sulfide) groups is 1. The summed E-state index contributed by atoms with van der Waals surface area (Å²) < 4.78 is 11.0. The summed E-state index contributed by atoms with van der Waals surface area (Å²) in [6.45, 7) is 5.57. The van der Waals surface area contributed by atoms with E-state index in [4.69, 9.17) is 9.26 Å². The van der Waals surface area contributed by atoms with E-state index < -0.39 is 0 Å². The van der Waals surface area contributed by atoms with Crippen LogP contribution in [0.5, 0.6) is 0 Å². The molecule has 0 N–H and O–H groups in total. The number of aromatic nitrogens is 1. The lowest BCUT2D eigenvalue weighted by Crippen LogP contribution is -2.44. The minimum Gasteiger partial charge on any atom is -0.376 e. The zero-order valence-corrected chi connectivity index (χ0v) is 14.1. The minimum absolute atomic E-state index is 0.0394. The van der Waals surface area contributed by atoms with Crippen molar-refractivity contribution in [2.75, 3.05) is 24.7 Å². The van der Waals surface area contributed by atoms with E-state index in [1.165, 1.54) is 0 Å². The first kappa shape index (κ1) is 15.9. The van der Waals surface area contributed by atoms with Crippen LogP contribution in [0, 0.1) is 0 Å². The predicted molar refractivity (Wildman–Crippen MR) is 86.3 cm³/mol. The van der Waals surface area contributed by atoms with Crippen LogP contribution in [0.1, 0.15) is 55.3 Å². The Morgan fingerprint density at radius 3 is 2.95 bits per heavy atom. The maximum absolute atomic E-state index is 12.9. The van der Waals surface area contributed by atoms with Gasteiger partial charge in [-0.1, -0.05) is 19.0 Å². The van der Waals surface area contributed by atoms with Crippen molar-refractivity contribution in [2.45, 2.75) is 51.2 Å². The van der Waals surface area contributed by atoms with Gasteiger partial charge in [-0.05, 0) is 30.9 Å². The zero-order valence-electron chi connectivity index (χ0n) is 13.3. The molecule has 122 valence electrons. The number of nitrogens with zero attached hydrogens (tertiary/aromatic N) is 2. The standard InChI is InChI=1S/C16H24N2O3S/c1-11(2)14-8-15(21-17-14)16(19)18(12-5-7-22-10-12)9-13-4-3-6-20-13/h8,11-13H,3-7,9-10H2,1-2H3/t12-,13+/m0/s1. The van der Waals surface area contributed by atoms with E-state index in [9.17, 15) is 4.79 Å². The van der Waals surface area contributed by atoms with Crippen LogP contribution < -0.4 is 0 Å². The molecule has 0 aliphatic carbocycles. The molecule has 1 aromatic heterocycles. The molecular weight excluding hydrogens is 300 g/mol. The molecule has 2 aliphatic heterocycles. The van der Waals surface area contributed by atoms with Crippen LogP contribution in [-0.2, 0) is 4.74 Å². The molecule has 2 aliphatic rings. The summed E-state index contributed by atoms with van der Waals surface area (Å²) >= 11 is 1.91. The summed E-state index contributed by atoms with van der Waals surface area (Å²) in [6.07, 6.45) is 3.35. The van der Waals surface area contributed by atoms with Crippen LogP contribution in [0.25, 0.3) is 0 Å². The molecule has 2 atom stereocenters. The fourth-order valence-corrected chi connectivity index (χ4v) is 4.20. The van der Waals surface area contributed by atoms with Crippen LogP contribution in [-0.4, -0.2) is 52.8 Å². The largest absolute Gasteiger partial charge is 0.376 e. The van der Waals surface area contributed by atoms with E-state index in [0.29, 0.717) is 12.3 Å². The Kier molecular flexibility index (Phi) is 5.08. The number of carbonyl (C=O) groups is 1. The van der Waals surface area contributed by atoms with Crippen LogP contribution in [0.15, 0.2) is 10.6 Å². The Balaban J connectivity index is 1.75. The first-order valence-corrected chi connectivity index (χ1v) is 9.27. The Morgan fingerprint density at radius 2 is 2.36 bits per heavy atom. The first-order valence-electron chi connectivity index (χ1n) is 8.12. The molecule has 5 nitrogen and oxygen atoms in total. The summed E-state index contributed by atoms with van der Waals surface area (Å²) in [7, 11) is 0. The second-order valence-corrected chi connectivity index (χ2v) is 7.53. The van der Waals surface area contributed by atoms with Gasteiger partial charge in [0.05, 0.1) is 11.8 Å². The first-order chi connectivity index (χ1) is 10.6. The molecule has 2 fully saturated rings. The fourth-order valence-electron chi connectivity index (χ4n) is 2.98. The number of ether oxygens (including phenoxy) is 1. The predicted octanol–water partition coefficient (Wildman–Crippen LogP) is 2.92. The van der Waals surface area contributed by atoms with E-state index in [0.717, 1.165) is 43.1 Å². The number of hydrogen-bond acceptors (Lipinski definition) is 5. The summed E-state index contributed by atoms with van der Waals surface area (Å²) in [4.78, 5) is 14.8. The third kappa shape index (κ3) is 3.49. The van der Waals surface area contributed by atoms with Crippen molar-refractivity contribution >= 4 is 17.7 Å². The monoisotopic (exact) mass is 324 g/mol. The van der Waals surface area contributed by atoms with Crippen molar-refractivity contribution in [3.63, 3.8) is 0 Å². The van der Waals surface area contributed by atoms with E-state index in [1.54, 1.807) is 6.07 Å². The molecule has 6 heteroatoms. The van der Waals surface area contributed by atoms with Crippen molar-refractivity contribution in [2.24, 2.45) is 0 Å². The molecule has 0 saturated carbocycles. The molecule has 0 unspecified atom stereocenters. The van der Waals surface area contributed by atoms with Gasteiger partial charge in [-0.25, -0.2) is 0 Å². The van der Waals surface area contributed by atoms with Gasteiger partial charge in [-0.2, -0.15) is 11.8 Å². The Labute approximate surface area is 135 Å². The SMILES string of the molecule is CC(C)c1cc(C(=O)N(C[C@H]2CCCO2)[C@H]2CCSC2)on1. The highest BCUT2D eigenvalue weighted by molar-refractivity contribution is 7.99. The number of hydrogen-bond donors (Lipinski definition) is 0. The molecule has 1 amide bonds. The van der Waals surface area contributed by atoms with E-state index in [2.05, 4.69) is 5.16 Å². The molecule has 0 aromatic carbocycles. The number of amides is 1. The maximum atomic E-state index is 12.9. The van der Waals surface area contributed by atoms with Gasteiger partial charge in [0.2, 0.25) is 5.76 Å². The maximum Gasteiger partial charge on any atom is 0.292 e. The summed E-state index contributed by atoms with van der Waals surface area (Å²) in [5.41, 5.74) is 0.834. The lowest BCUT2D eigenvalue weighted by Gasteiger charge is -2.29. The Morgan fingerprint density at radius 1 is 1.50 bits per heavy atom. The normalized spacial score (nSPS) is 25.0. The summed E-state index contributed by atoms with van der Waals surface area (Å²) in [6, 6.07) is 2.08. The third-order valence-corrected chi connectivity index (χ3v) is 5.51. The average Bonchev–Trinajstić information content (AvgIpc) is 3.24. The average molecular weight is 324 g/mol. The van der Waals surface area contributed by atoms with Crippen LogP contribution >= 0.6 is 11.8 Å². The van der Waals surface area contributed by atoms with E-state index in [-0.39, 0.29) is 24.0 Å². The second kappa shape index (κ2) is 7.04. The van der Waals surface area contributed by atoms with Gasteiger partial charge in [0.1, 0.15) is 0 Å². The van der Waals surface area contributed by atoms with E-state index in [1.807, 2.05) is 30.5 Å². The van der Waals surface area contributed by atoms with Crippen molar-refractivity contribution < 1.29 is 14.1 Å². The van der Waals surface area contributed by atoms with Gasteiger partial charge < -0.3 is 14.2 Å². The highest BCUT2D eigenvalue weighted by Gasteiger charge is 2.33. The minimum atomic E-state index is -0.0394. The number of rotatable bonds is 5. The van der Waals surface area contributed by atoms with Gasteiger partial charge in [0.25, 0.3) is 5.91 Å². The lowest BCUT2D eigenvalue weighted by atomic mass is 10.1. The highest BCUT2D eigenvalue weighted by Crippen LogP contribution is 2.26. The van der Waals surface area contributed by atoms with Crippen molar-refractivity contribution in [3.8, 4) is 0 Å². The Hall–Kier alpha value is -1.01. The third-order valence-electron chi connectivity index (χ3n) is 4.36. The molecular formula is C16H24N2O3S. The van der Waals surface area contributed by atoms with Gasteiger partial charge in [0, 0.05) is 31.0 Å².